The third-order valence-electron chi connectivity index (χ3n) is 4.27. The quantitative estimate of drug-likeness (QED) is 0.397. The highest BCUT2D eigenvalue weighted by Crippen LogP contribution is 2.26. The largest absolute Gasteiger partial charge is 0.489 e. The van der Waals surface area contributed by atoms with E-state index in [1.54, 1.807) is 29.6 Å². The topological polar surface area (TPSA) is 51.2 Å². The Morgan fingerprint density at radius 1 is 0.903 bits per heavy atom. The highest BCUT2D eigenvalue weighted by atomic mass is 32.1. The van der Waals surface area contributed by atoms with Crippen molar-refractivity contribution in [3.8, 4) is 16.3 Å². The van der Waals surface area contributed by atoms with Crippen molar-refractivity contribution in [3.05, 3.63) is 101 Å². The highest BCUT2D eigenvalue weighted by Gasteiger charge is 2.12. The predicted molar refractivity (Wildman–Crippen MR) is 113 cm³/mol. The Kier molecular flexibility index (Phi) is 5.99. The fourth-order valence-electron chi connectivity index (χ4n) is 2.79. The van der Waals surface area contributed by atoms with Crippen LogP contribution in [0.4, 0.5) is 18.9 Å². The molecule has 0 saturated carbocycles. The van der Waals surface area contributed by atoms with Gasteiger partial charge < -0.3 is 10.1 Å². The van der Waals surface area contributed by atoms with E-state index in [-0.39, 0.29) is 18.1 Å². The SMILES string of the molecule is O=C(Nc1ccc(F)cc1)c1csc(-c2ccc(OCc3cc(F)cc(F)c3)cc2)n1. The molecule has 1 N–H and O–H groups in total. The second kappa shape index (κ2) is 9.01. The molecule has 8 heteroatoms. The number of nitrogens with one attached hydrogen (secondary N) is 1. The van der Waals surface area contributed by atoms with Crippen molar-refractivity contribution >= 4 is 22.9 Å². The zero-order valence-electron chi connectivity index (χ0n) is 15.9. The summed E-state index contributed by atoms with van der Waals surface area (Å²) in [5.74, 6) is -1.56. The summed E-state index contributed by atoms with van der Waals surface area (Å²) >= 11 is 1.31. The van der Waals surface area contributed by atoms with Crippen LogP contribution < -0.4 is 10.1 Å². The van der Waals surface area contributed by atoms with Crippen molar-refractivity contribution < 1.29 is 22.7 Å². The van der Waals surface area contributed by atoms with Gasteiger partial charge in [0.2, 0.25) is 0 Å². The highest BCUT2D eigenvalue weighted by molar-refractivity contribution is 7.13. The summed E-state index contributed by atoms with van der Waals surface area (Å²) in [5, 5.41) is 4.94. The maximum Gasteiger partial charge on any atom is 0.275 e. The summed E-state index contributed by atoms with van der Waals surface area (Å²) in [4.78, 5) is 16.7. The zero-order chi connectivity index (χ0) is 21.8. The first-order valence-corrected chi connectivity index (χ1v) is 10.0. The van der Waals surface area contributed by atoms with Gasteiger partial charge in [-0.25, -0.2) is 18.2 Å². The van der Waals surface area contributed by atoms with Gasteiger partial charge in [-0.2, -0.15) is 0 Å². The van der Waals surface area contributed by atoms with Crippen molar-refractivity contribution in [2.75, 3.05) is 5.32 Å². The van der Waals surface area contributed by atoms with Gasteiger partial charge in [0.15, 0.2) is 0 Å². The number of hydrogen-bond donors (Lipinski definition) is 1. The Bertz CT molecular complexity index is 1190. The minimum atomic E-state index is -0.656. The minimum absolute atomic E-state index is 0.0268. The van der Waals surface area contributed by atoms with E-state index in [0.717, 1.165) is 11.6 Å². The number of ether oxygens (including phenoxy) is 1. The monoisotopic (exact) mass is 440 g/mol. The van der Waals surface area contributed by atoms with Crippen LogP contribution in [0.15, 0.2) is 72.1 Å². The van der Waals surface area contributed by atoms with Gasteiger partial charge in [-0.15, -0.1) is 11.3 Å². The lowest BCUT2D eigenvalue weighted by Crippen LogP contribution is -2.12. The van der Waals surface area contributed by atoms with E-state index in [9.17, 15) is 18.0 Å². The van der Waals surface area contributed by atoms with Crippen LogP contribution >= 0.6 is 11.3 Å². The number of carbonyl (C=O) groups is 1. The third-order valence-corrected chi connectivity index (χ3v) is 5.16. The van der Waals surface area contributed by atoms with Crippen LogP contribution in [0.5, 0.6) is 5.75 Å². The Labute approximate surface area is 180 Å². The first-order chi connectivity index (χ1) is 15.0. The average Bonchev–Trinajstić information content (AvgIpc) is 3.24. The van der Waals surface area contributed by atoms with Crippen molar-refractivity contribution in [2.24, 2.45) is 0 Å². The first-order valence-electron chi connectivity index (χ1n) is 9.17. The van der Waals surface area contributed by atoms with E-state index in [2.05, 4.69) is 10.3 Å². The Hall–Kier alpha value is -3.65. The standard InChI is InChI=1S/C23H15F3N2O2S/c24-16-3-5-19(6-4-16)27-22(29)21-13-31-23(28-21)15-1-7-20(8-2-15)30-12-14-9-17(25)11-18(26)10-14/h1-11,13H,12H2,(H,27,29). The molecular formula is C23H15F3N2O2S. The number of rotatable bonds is 6. The van der Waals surface area contributed by atoms with E-state index in [1.165, 1.54) is 47.7 Å². The molecule has 1 aromatic heterocycles. The molecule has 0 bridgehead atoms. The third kappa shape index (κ3) is 5.29. The van der Waals surface area contributed by atoms with Gasteiger partial charge in [-0.3, -0.25) is 4.79 Å². The first kappa shape index (κ1) is 20.6. The van der Waals surface area contributed by atoms with E-state index >= 15 is 0 Å². The molecule has 0 saturated heterocycles. The molecular weight excluding hydrogens is 425 g/mol. The van der Waals surface area contributed by atoms with Crippen molar-refractivity contribution in [1.29, 1.82) is 0 Å². The number of anilines is 1. The van der Waals surface area contributed by atoms with Crippen LogP contribution in [-0.4, -0.2) is 10.9 Å². The molecule has 3 aromatic carbocycles. The fraction of sp³-hybridized carbons (Fsp3) is 0.0435. The molecule has 4 aromatic rings. The van der Waals surface area contributed by atoms with Gasteiger partial charge in [-0.1, -0.05) is 0 Å². The molecule has 156 valence electrons. The molecule has 0 aliphatic rings. The molecule has 0 atom stereocenters. The number of aromatic nitrogens is 1. The van der Waals surface area contributed by atoms with Gasteiger partial charge in [0.05, 0.1) is 0 Å². The predicted octanol–water partition coefficient (Wildman–Crippen LogP) is 6.06. The van der Waals surface area contributed by atoms with Crippen molar-refractivity contribution in [3.63, 3.8) is 0 Å². The number of carbonyl (C=O) groups excluding carboxylic acids is 1. The van der Waals surface area contributed by atoms with Crippen LogP contribution in [0.25, 0.3) is 10.6 Å². The van der Waals surface area contributed by atoms with Crippen LogP contribution in [0.2, 0.25) is 0 Å². The molecule has 4 rings (SSSR count). The molecule has 1 heterocycles. The van der Waals surface area contributed by atoms with Gasteiger partial charge >= 0.3 is 0 Å². The number of amides is 1. The number of nitrogens with zero attached hydrogens (tertiary/aromatic N) is 1. The van der Waals surface area contributed by atoms with Crippen molar-refractivity contribution in [1.82, 2.24) is 4.98 Å². The Morgan fingerprint density at radius 3 is 2.26 bits per heavy atom. The number of halogens is 3. The molecule has 1 amide bonds. The molecule has 0 spiro atoms. The van der Waals surface area contributed by atoms with Crippen LogP contribution in [-0.2, 0) is 6.61 Å². The Balaban J connectivity index is 1.39. The molecule has 31 heavy (non-hydrogen) atoms. The Morgan fingerprint density at radius 2 is 1.58 bits per heavy atom. The zero-order valence-corrected chi connectivity index (χ0v) is 16.8. The number of thiazole rings is 1. The summed E-state index contributed by atoms with van der Waals surface area (Å²) in [6.07, 6.45) is 0. The van der Waals surface area contributed by atoms with Crippen molar-refractivity contribution in [2.45, 2.75) is 6.61 Å². The van der Waals surface area contributed by atoms with E-state index in [0.29, 0.717) is 22.0 Å². The maximum absolute atomic E-state index is 13.2. The van der Waals surface area contributed by atoms with E-state index in [1.807, 2.05) is 0 Å². The lowest BCUT2D eigenvalue weighted by atomic mass is 10.2. The van der Waals surface area contributed by atoms with Crippen LogP contribution in [0.1, 0.15) is 16.1 Å². The molecule has 0 fully saturated rings. The lowest BCUT2D eigenvalue weighted by molar-refractivity contribution is 0.102. The van der Waals surface area contributed by atoms with Crippen LogP contribution in [0.3, 0.4) is 0 Å². The summed E-state index contributed by atoms with van der Waals surface area (Å²) in [5.41, 5.74) is 1.90. The second-order valence-corrected chi connectivity index (χ2v) is 7.45. The van der Waals surface area contributed by atoms with E-state index < -0.39 is 17.5 Å². The van der Waals surface area contributed by atoms with Gasteiger partial charge in [-0.05, 0) is 66.2 Å². The number of hydrogen-bond acceptors (Lipinski definition) is 4. The van der Waals surface area contributed by atoms with Crippen LogP contribution in [0, 0.1) is 17.5 Å². The summed E-state index contributed by atoms with van der Waals surface area (Å²) in [7, 11) is 0. The molecule has 0 radical (unpaired) electrons. The maximum atomic E-state index is 13.2. The molecule has 0 aliphatic carbocycles. The summed E-state index contributed by atoms with van der Waals surface area (Å²) < 4.78 is 45.0. The molecule has 0 unspecified atom stereocenters. The van der Waals surface area contributed by atoms with Gasteiger partial charge in [0, 0.05) is 22.7 Å². The minimum Gasteiger partial charge on any atom is -0.489 e. The van der Waals surface area contributed by atoms with Gasteiger partial charge in [0.1, 0.15) is 40.5 Å². The second-order valence-electron chi connectivity index (χ2n) is 6.59. The fourth-order valence-corrected chi connectivity index (χ4v) is 3.60. The van der Waals surface area contributed by atoms with E-state index in [4.69, 9.17) is 4.74 Å². The summed E-state index contributed by atoms with van der Waals surface area (Å²) in [6.45, 7) is 0.0268. The normalized spacial score (nSPS) is 10.7. The smallest absolute Gasteiger partial charge is 0.275 e. The molecule has 0 aliphatic heterocycles. The number of benzene rings is 3. The summed E-state index contributed by atoms with van der Waals surface area (Å²) in [6, 6.07) is 15.7. The lowest BCUT2D eigenvalue weighted by Gasteiger charge is -2.07. The average molecular weight is 440 g/mol. The molecule has 4 nitrogen and oxygen atoms in total. The van der Waals surface area contributed by atoms with Gasteiger partial charge in [0.25, 0.3) is 5.91 Å².